The van der Waals surface area contributed by atoms with Crippen molar-refractivity contribution in [3.8, 4) is 23.0 Å². The van der Waals surface area contributed by atoms with Crippen LogP contribution >= 0.6 is 19.8 Å². The fraction of sp³-hybridized carbons (Fsp3) is 0.512. The molecule has 4 aliphatic rings. The molecule has 21 N–H and O–H groups in total. The van der Waals surface area contributed by atoms with E-state index in [1.54, 1.807) is 26.0 Å². The number of aliphatic hydroxyl groups is 14. The highest BCUT2D eigenvalue weighted by Crippen LogP contribution is 2.25. The summed E-state index contributed by atoms with van der Waals surface area (Å²) in [4.78, 5) is 103. The lowest BCUT2D eigenvalue weighted by Crippen LogP contribution is -2.43. The average Bonchev–Trinajstić information content (AvgIpc) is 3.37. The largest absolute Gasteiger partial charge is 0.394 e. The molecule has 4 aliphatic heterocycles. The Labute approximate surface area is 453 Å². The first-order valence-electron chi connectivity index (χ1n) is 22.5. The molecule has 0 saturated carbocycles. The van der Waals surface area contributed by atoms with Crippen molar-refractivity contribution < 1.29 is 76.3 Å². The Morgan fingerprint density at radius 1 is 0.582 bits per heavy atom. The molecule has 0 saturated heterocycles. The molecule has 79 heavy (non-hydrogen) atoms. The second-order valence-corrected chi connectivity index (χ2v) is 16.9. The zero-order valence-corrected chi connectivity index (χ0v) is 46.1. The van der Waals surface area contributed by atoms with Crippen LogP contribution in [0.25, 0.3) is 34.1 Å². The van der Waals surface area contributed by atoms with Crippen LogP contribution in [0.1, 0.15) is 29.4 Å². The van der Waals surface area contributed by atoms with Gasteiger partial charge >= 0.3 is 17.1 Å². The summed E-state index contributed by atoms with van der Waals surface area (Å²) in [5.41, 5.74) is 4.01. The van der Waals surface area contributed by atoms with Crippen LogP contribution in [-0.2, 0) is 17.9 Å². The van der Waals surface area contributed by atoms with E-state index in [-0.39, 0.29) is 82.4 Å². The minimum Gasteiger partial charge on any atom is -0.394 e. The smallest absolute Gasteiger partial charge is 0.349 e. The lowest BCUT2D eigenvalue weighted by atomic mass is 10.1. The molecule has 1 aromatic carbocycles. The van der Waals surface area contributed by atoms with Crippen LogP contribution < -0.4 is 44.8 Å². The topological polar surface area (TPSA) is 565 Å². The van der Waals surface area contributed by atoms with Crippen molar-refractivity contribution in [1.29, 1.82) is 0 Å². The number of anilines is 2. The molecule has 0 fully saturated rings. The molecule has 439 valence electrons. The molecule has 33 nitrogen and oxygen atoms in total. The van der Waals surface area contributed by atoms with Gasteiger partial charge in [-0.2, -0.15) is 29.8 Å². The van der Waals surface area contributed by atoms with Gasteiger partial charge in [-0.15, -0.1) is 0 Å². The van der Waals surface area contributed by atoms with Crippen LogP contribution in [-0.4, -0.2) is 229 Å². The maximum Gasteiger partial charge on any atom is 0.349 e. The van der Waals surface area contributed by atoms with E-state index in [2.05, 4.69) is 35.2 Å². The third-order valence-corrected chi connectivity index (χ3v) is 11.3. The predicted octanol–water partition coefficient (Wildman–Crippen LogP) is -9.80. The van der Waals surface area contributed by atoms with Crippen LogP contribution in [0.2, 0.25) is 0 Å². The Morgan fingerprint density at radius 3 is 1.46 bits per heavy atom. The molecule has 0 bridgehead atoms. The second kappa shape index (κ2) is 32.8. The quantitative estimate of drug-likeness (QED) is 0.0216. The number of hydrogen-bond donors (Lipinski definition) is 20. The molecule has 2 aromatic rings. The number of nitrogens with two attached hydrogens (primary N) is 1. The molecular formula is C43H68BN12O21P2. The van der Waals surface area contributed by atoms with Crippen molar-refractivity contribution in [2.45, 2.75) is 109 Å². The normalized spacial score (nSPS) is 14.7. The van der Waals surface area contributed by atoms with E-state index >= 15 is 0 Å². The molecule has 11 unspecified atom stereocenters. The highest BCUT2D eigenvalue weighted by atomic mass is 31.0. The average molecular weight is 1160 g/mol. The Balaban J connectivity index is 0.00000108. The Hall–Kier alpha value is -6.17. The van der Waals surface area contributed by atoms with Crippen molar-refractivity contribution >= 4 is 56.5 Å². The number of aliphatic hydroxyl groups excluding tert-OH is 14. The number of rotatable bonds is 18. The third kappa shape index (κ3) is 19.3. The number of fused-ring (bicyclic) bond motifs is 3. The van der Waals surface area contributed by atoms with Gasteiger partial charge in [0.05, 0.1) is 62.3 Å². The van der Waals surface area contributed by atoms with Crippen molar-refractivity contribution in [3.05, 3.63) is 97.2 Å². The molecule has 0 aliphatic carbocycles. The number of carbonyl (C=O) groups is 1. The summed E-state index contributed by atoms with van der Waals surface area (Å²) in [6, 6.07) is 3.53. The molecule has 36 heteroatoms. The summed E-state index contributed by atoms with van der Waals surface area (Å²) < 4.78 is 2.77. The highest BCUT2D eigenvalue weighted by molar-refractivity contribution is 6.92. The number of Topliss-reactive ketones (excluding diaryl/α,β-unsaturated/α-hetero) is 1. The van der Waals surface area contributed by atoms with Crippen molar-refractivity contribution in [1.82, 2.24) is 49.0 Å². The molecule has 1 aromatic heterocycles. The van der Waals surface area contributed by atoms with E-state index in [4.69, 9.17) is 36.4 Å². The molecule has 5 heterocycles. The molecule has 3 radical (unpaired) electrons. The SMILES string of the molecule is CC(=O)[C@@H](O)CO.Cc1cc2nc3c(=O)[nH]c(=O)nc-3n(CC(O)C(O)C(O)CO)c2cc1C.Cc1nc2c(=O)[nH]c(=O)nc-2n(CC(O)C(O)C(O)CO)c1C.Nc1c(NCC(O)C(O)C(O)CO)[nH]c(=O)[nH]c1=O.P.P.[B]. The number of aromatic amines is 4. The summed E-state index contributed by atoms with van der Waals surface area (Å²) in [7, 11) is 0. The lowest BCUT2D eigenvalue weighted by Gasteiger charge is -2.25. The zero-order valence-electron chi connectivity index (χ0n) is 43.2. The molecular weight excluding hydrogens is 1090 g/mol. The third-order valence-electron chi connectivity index (χ3n) is 11.3. The van der Waals surface area contributed by atoms with Gasteiger partial charge in [0.1, 0.15) is 66.4 Å². The minimum absolute atomic E-state index is 0. The Kier molecular flexibility index (Phi) is 30.2. The Morgan fingerprint density at radius 2 is 1.01 bits per heavy atom. The summed E-state index contributed by atoms with van der Waals surface area (Å²) in [6.07, 6.45) is -15.0. The fourth-order valence-corrected chi connectivity index (χ4v) is 6.56. The molecule has 0 amide bonds. The van der Waals surface area contributed by atoms with Gasteiger partial charge in [-0.05, 0) is 57.9 Å². The highest BCUT2D eigenvalue weighted by Gasteiger charge is 2.30. The number of hydrogen-bond acceptors (Lipinski definition) is 27. The van der Waals surface area contributed by atoms with Gasteiger partial charge in [-0.1, -0.05) is 0 Å². The number of ketones is 1. The standard InChI is InChI=1S/C17H20N4O6.C13H18N4O6.C9H16N4O6.C4H8O3.B.2H3P/c1-7-3-9-10(4-8(7)2)21(5-11(23)14(25)12(24)6-22)15-13(18-9)16(26)20-17(27)19-15;1-5-6(2)17(3-7(19)10(21)8(20)4-18)11-9(14-5)12(22)16-13(23)15-11;10-5-7(12-9(19)13-8(5)18)11-1-3(15)6(17)4(16)2-14;1-3(6)4(7)2-5;;;/h3-4,11-12,14,22-25H,5-6H2,1-2H3,(H,20,26,27);7-8,10,18-21H,3-4H2,1-2H3,(H,16,22,23);3-4,6,14-17H,1-2,10H2,(H3,11,12,13,18,19);4-5,7H,2H2,1H3;;2*1H3/t;;;4-;;;/m...0.../s1. The van der Waals surface area contributed by atoms with Crippen LogP contribution in [0.5, 0.6) is 0 Å². The number of carbonyl (C=O) groups excluding carboxylic acids is 1. The van der Waals surface area contributed by atoms with E-state index in [0.717, 1.165) is 11.1 Å². The summed E-state index contributed by atoms with van der Waals surface area (Å²) >= 11 is 0. The number of nitrogen functional groups attached to an aromatic ring is 1. The fourth-order valence-electron chi connectivity index (χ4n) is 6.56. The van der Waals surface area contributed by atoms with Crippen molar-refractivity contribution in [2.75, 3.05) is 44.0 Å². The van der Waals surface area contributed by atoms with Crippen molar-refractivity contribution in [3.63, 3.8) is 0 Å². The van der Waals surface area contributed by atoms with E-state index in [9.17, 15) is 74.4 Å². The number of aryl methyl sites for hydroxylation is 3. The van der Waals surface area contributed by atoms with Gasteiger partial charge in [-0.25, -0.2) is 24.4 Å². The molecule has 0 spiro atoms. The summed E-state index contributed by atoms with van der Waals surface area (Å²) in [5, 5.41) is 132. The van der Waals surface area contributed by atoms with Crippen LogP contribution in [0.3, 0.4) is 0 Å². The van der Waals surface area contributed by atoms with Gasteiger partial charge in [0.25, 0.3) is 16.7 Å². The molecule has 12 atom stereocenters. The maximum atomic E-state index is 12.2. The summed E-state index contributed by atoms with van der Waals surface area (Å²) in [6.45, 7) is 4.77. The van der Waals surface area contributed by atoms with Gasteiger partial charge in [0, 0.05) is 20.7 Å². The van der Waals surface area contributed by atoms with E-state index in [0.29, 0.717) is 22.4 Å². The predicted molar refractivity (Wildman–Crippen MR) is 291 cm³/mol. The van der Waals surface area contributed by atoms with E-state index in [1.165, 1.54) is 16.1 Å². The number of nitrogens with zero attached hydrogens (tertiary/aromatic N) is 6. The van der Waals surface area contributed by atoms with Gasteiger partial charge < -0.3 is 91.7 Å². The monoisotopic (exact) mass is 1160 g/mol. The van der Waals surface area contributed by atoms with Crippen LogP contribution in [0.4, 0.5) is 11.5 Å². The van der Waals surface area contributed by atoms with E-state index in [1.807, 2.05) is 23.8 Å². The zero-order chi connectivity index (χ0) is 57.6. The van der Waals surface area contributed by atoms with Crippen molar-refractivity contribution in [2.24, 2.45) is 0 Å². The molecule has 6 rings (SSSR count). The van der Waals surface area contributed by atoms with Crippen LogP contribution in [0, 0.1) is 27.7 Å². The van der Waals surface area contributed by atoms with Gasteiger partial charge in [0.2, 0.25) is 0 Å². The number of benzene rings is 1. The number of H-pyrrole nitrogens is 4. The second-order valence-electron chi connectivity index (χ2n) is 16.9. The van der Waals surface area contributed by atoms with Gasteiger partial charge in [0.15, 0.2) is 28.8 Å². The van der Waals surface area contributed by atoms with Gasteiger partial charge in [-0.3, -0.25) is 39.1 Å². The Bertz CT molecular complexity index is 3210. The lowest BCUT2D eigenvalue weighted by molar-refractivity contribution is -0.126. The van der Waals surface area contributed by atoms with E-state index < -0.39 is 127 Å². The number of aromatic nitrogens is 10. The first-order chi connectivity index (χ1) is 35.5. The minimum atomic E-state index is -1.64. The van der Waals surface area contributed by atoms with Crippen LogP contribution in [0.15, 0.2) is 40.9 Å². The first-order valence-corrected chi connectivity index (χ1v) is 22.5. The number of nitrogens with one attached hydrogen (secondary N) is 5. The summed E-state index contributed by atoms with van der Waals surface area (Å²) in [5.74, 6) is -0.600. The first kappa shape index (κ1) is 72.8. The maximum absolute atomic E-state index is 12.2.